The highest BCUT2D eigenvalue weighted by Gasteiger charge is 2.07. The largest absolute Gasteiger partial charge is 0.298 e. The van der Waals surface area contributed by atoms with Crippen LogP contribution in [0.2, 0.25) is 0 Å². The monoisotopic (exact) mass is 123 g/mol. The van der Waals surface area contributed by atoms with Gasteiger partial charge in [0.1, 0.15) is 6.29 Å². The van der Waals surface area contributed by atoms with Crippen molar-refractivity contribution in [2.75, 3.05) is 6.54 Å². The summed E-state index contributed by atoms with van der Waals surface area (Å²) in [7, 11) is 0. The maximum Gasteiger partial charge on any atom is 0.146 e. The number of hydrogen-bond donors (Lipinski definition) is 0. The molecule has 0 saturated heterocycles. The van der Waals surface area contributed by atoms with Crippen molar-refractivity contribution in [1.82, 2.24) is 0 Å². The minimum Gasteiger partial charge on any atom is -0.298 e. The third kappa shape index (κ3) is 1.25. The van der Waals surface area contributed by atoms with E-state index in [0.717, 1.165) is 18.4 Å². The molecule has 1 unspecified atom stereocenters. The number of nitrogens with zero attached hydrogens (tertiary/aromatic N) is 1. The Morgan fingerprint density at radius 2 is 2.67 bits per heavy atom. The molecule has 0 bridgehead atoms. The molecule has 48 valence electrons. The molecule has 9 heavy (non-hydrogen) atoms. The van der Waals surface area contributed by atoms with Crippen molar-refractivity contribution in [2.45, 2.75) is 6.92 Å². The maximum absolute atomic E-state index is 10.2. The zero-order chi connectivity index (χ0) is 6.69. The number of aldehydes is 1. The van der Waals surface area contributed by atoms with Crippen LogP contribution in [0.4, 0.5) is 0 Å². The zero-order valence-electron chi connectivity index (χ0n) is 5.37. The van der Waals surface area contributed by atoms with Crippen LogP contribution >= 0.6 is 0 Å². The second-order valence-corrected chi connectivity index (χ2v) is 2.20. The van der Waals surface area contributed by atoms with Crippen LogP contribution in [0.15, 0.2) is 16.6 Å². The van der Waals surface area contributed by atoms with Crippen LogP contribution in [0.25, 0.3) is 0 Å². The van der Waals surface area contributed by atoms with Crippen molar-refractivity contribution in [3.8, 4) is 0 Å². The first kappa shape index (κ1) is 6.20. The first-order chi connectivity index (χ1) is 4.34. The van der Waals surface area contributed by atoms with E-state index in [1.807, 2.05) is 6.92 Å². The molecule has 0 radical (unpaired) electrons. The van der Waals surface area contributed by atoms with E-state index >= 15 is 0 Å². The second kappa shape index (κ2) is 2.58. The van der Waals surface area contributed by atoms with Crippen molar-refractivity contribution in [1.29, 1.82) is 0 Å². The molecular formula is C7H9NO. The first-order valence-electron chi connectivity index (χ1n) is 3.00. The van der Waals surface area contributed by atoms with E-state index in [0.29, 0.717) is 5.92 Å². The van der Waals surface area contributed by atoms with Gasteiger partial charge in [0.15, 0.2) is 0 Å². The Morgan fingerprint density at radius 3 is 3.11 bits per heavy atom. The molecule has 0 aromatic carbocycles. The molecule has 0 N–H and O–H groups in total. The summed E-state index contributed by atoms with van der Waals surface area (Å²) in [5.41, 5.74) is 0.852. The Kier molecular flexibility index (Phi) is 1.78. The molecule has 1 rings (SSSR count). The number of dihydropyridines is 1. The van der Waals surface area contributed by atoms with Gasteiger partial charge in [-0.3, -0.25) is 9.79 Å². The van der Waals surface area contributed by atoms with Crippen LogP contribution in [-0.2, 0) is 4.79 Å². The first-order valence-corrected chi connectivity index (χ1v) is 3.00. The van der Waals surface area contributed by atoms with Crippen LogP contribution in [-0.4, -0.2) is 19.0 Å². The number of hydrogen-bond acceptors (Lipinski definition) is 2. The summed E-state index contributed by atoms with van der Waals surface area (Å²) >= 11 is 0. The van der Waals surface area contributed by atoms with E-state index in [1.165, 1.54) is 0 Å². The topological polar surface area (TPSA) is 29.4 Å². The van der Waals surface area contributed by atoms with E-state index in [1.54, 1.807) is 12.3 Å². The average molecular weight is 123 g/mol. The standard InChI is InChI=1S/C7H9NO/c1-6-4-8-3-2-7(6)5-9/h2-3,5-6H,4H2,1H3. The van der Waals surface area contributed by atoms with Crippen LogP contribution < -0.4 is 0 Å². The van der Waals surface area contributed by atoms with Gasteiger partial charge in [0, 0.05) is 18.7 Å². The molecule has 1 atom stereocenters. The summed E-state index contributed by atoms with van der Waals surface area (Å²) in [6, 6.07) is 0. The van der Waals surface area contributed by atoms with E-state index in [-0.39, 0.29) is 0 Å². The fraction of sp³-hybridized carbons (Fsp3) is 0.429. The Balaban J connectivity index is 2.74. The molecule has 0 fully saturated rings. The molecular weight excluding hydrogens is 114 g/mol. The molecule has 1 aliphatic rings. The molecule has 1 heterocycles. The van der Waals surface area contributed by atoms with Crippen LogP contribution in [0.3, 0.4) is 0 Å². The lowest BCUT2D eigenvalue weighted by Gasteiger charge is -2.09. The van der Waals surface area contributed by atoms with E-state index in [4.69, 9.17) is 0 Å². The van der Waals surface area contributed by atoms with Crippen molar-refractivity contribution >= 4 is 12.5 Å². The number of carbonyl (C=O) groups is 1. The Labute approximate surface area is 54.3 Å². The molecule has 0 saturated carbocycles. The van der Waals surface area contributed by atoms with Crippen molar-refractivity contribution in [3.63, 3.8) is 0 Å². The Bertz CT molecular complexity index is 170. The van der Waals surface area contributed by atoms with Crippen molar-refractivity contribution < 1.29 is 4.79 Å². The Hall–Kier alpha value is -0.920. The van der Waals surface area contributed by atoms with Gasteiger partial charge in [-0.1, -0.05) is 6.92 Å². The van der Waals surface area contributed by atoms with Crippen molar-refractivity contribution in [2.24, 2.45) is 10.9 Å². The molecule has 2 nitrogen and oxygen atoms in total. The lowest BCUT2D eigenvalue weighted by molar-refractivity contribution is -0.105. The zero-order valence-corrected chi connectivity index (χ0v) is 5.37. The predicted octanol–water partition coefficient (Wildman–Crippen LogP) is 0.832. The second-order valence-electron chi connectivity index (χ2n) is 2.20. The third-order valence-electron chi connectivity index (χ3n) is 1.46. The van der Waals surface area contributed by atoms with Crippen LogP contribution in [0, 0.1) is 5.92 Å². The minimum atomic E-state index is 0.312. The summed E-state index contributed by atoms with van der Waals surface area (Å²) in [5, 5.41) is 0. The predicted molar refractivity (Wildman–Crippen MR) is 36.7 cm³/mol. The lowest BCUT2D eigenvalue weighted by Crippen LogP contribution is -2.08. The van der Waals surface area contributed by atoms with E-state index < -0.39 is 0 Å². The van der Waals surface area contributed by atoms with Gasteiger partial charge in [-0.05, 0) is 11.6 Å². The molecule has 1 aliphatic heterocycles. The lowest BCUT2D eigenvalue weighted by atomic mass is 10.0. The van der Waals surface area contributed by atoms with Crippen LogP contribution in [0.5, 0.6) is 0 Å². The molecule has 0 aromatic heterocycles. The van der Waals surface area contributed by atoms with Gasteiger partial charge in [-0.15, -0.1) is 0 Å². The summed E-state index contributed by atoms with van der Waals surface area (Å²) in [6.45, 7) is 2.75. The number of allylic oxidation sites excluding steroid dienone is 1. The Morgan fingerprint density at radius 1 is 1.89 bits per heavy atom. The fourth-order valence-corrected chi connectivity index (χ4v) is 0.783. The minimum absolute atomic E-state index is 0.312. The summed E-state index contributed by atoms with van der Waals surface area (Å²) < 4.78 is 0. The third-order valence-corrected chi connectivity index (χ3v) is 1.46. The maximum atomic E-state index is 10.2. The highest BCUT2D eigenvalue weighted by atomic mass is 16.1. The molecule has 0 spiro atoms. The van der Waals surface area contributed by atoms with Gasteiger partial charge >= 0.3 is 0 Å². The molecule has 2 heteroatoms. The number of rotatable bonds is 1. The highest BCUT2D eigenvalue weighted by Crippen LogP contribution is 2.09. The van der Waals surface area contributed by atoms with E-state index in [9.17, 15) is 4.79 Å². The van der Waals surface area contributed by atoms with Gasteiger partial charge < -0.3 is 0 Å². The van der Waals surface area contributed by atoms with Gasteiger partial charge in [0.25, 0.3) is 0 Å². The molecule has 0 aromatic rings. The number of aliphatic imine (C=N–C) groups is 1. The van der Waals surface area contributed by atoms with Gasteiger partial charge in [0.2, 0.25) is 0 Å². The SMILES string of the molecule is CC1CN=CC=C1C=O. The van der Waals surface area contributed by atoms with Crippen molar-refractivity contribution in [3.05, 3.63) is 11.6 Å². The van der Waals surface area contributed by atoms with Gasteiger partial charge in [0.05, 0.1) is 0 Å². The average Bonchev–Trinajstić information content (AvgIpc) is 1.89. The number of carbonyl (C=O) groups excluding carboxylic acids is 1. The van der Waals surface area contributed by atoms with Gasteiger partial charge in [-0.25, -0.2) is 0 Å². The smallest absolute Gasteiger partial charge is 0.146 e. The normalized spacial score (nSPS) is 25.4. The summed E-state index contributed by atoms with van der Waals surface area (Å²) in [4.78, 5) is 14.2. The summed E-state index contributed by atoms with van der Waals surface area (Å²) in [5.74, 6) is 0.312. The highest BCUT2D eigenvalue weighted by molar-refractivity contribution is 5.85. The summed E-state index contributed by atoms with van der Waals surface area (Å²) in [6.07, 6.45) is 4.35. The molecule has 0 aliphatic carbocycles. The molecule has 0 amide bonds. The van der Waals surface area contributed by atoms with Crippen LogP contribution in [0.1, 0.15) is 6.92 Å². The quantitative estimate of drug-likeness (QED) is 0.475. The fourth-order valence-electron chi connectivity index (χ4n) is 0.783. The van der Waals surface area contributed by atoms with E-state index in [2.05, 4.69) is 4.99 Å². The van der Waals surface area contributed by atoms with Gasteiger partial charge in [-0.2, -0.15) is 0 Å².